The van der Waals surface area contributed by atoms with Crippen molar-refractivity contribution in [3.8, 4) is 0 Å². The van der Waals surface area contributed by atoms with Crippen LogP contribution in [0.3, 0.4) is 0 Å². The predicted octanol–water partition coefficient (Wildman–Crippen LogP) is 0.0112. The van der Waals surface area contributed by atoms with E-state index in [0.717, 1.165) is 0 Å². The largest absolute Gasteiger partial charge is 0.466 e. The van der Waals surface area contributed by atoms with E-state index in [9.17, 15) is 4.79 Å². The van der Waals surface area contributed by atoms with Crippen LogP contribution in [-0.4, -0.2) is 27.3 Å². The number of carbonyl (C=O) groups excluding carboxylic acids is 1. The number of phosphoric acid groups is 1. The van der Waals surface area contributed by atoms with Gasteiger partial charge in [-0.2, -0.15) is 0 Å². The van der Waals surface area contributed by atoms with Gasteiger partial charge in [0.05, 0.1) is 6.61 Å². The highest BCUT2D eigenvalue weighted by atomic mass is 31.2. The topological polar surface area (TPSA) is 104 Å². The third-order valence-electron chi connectivity index (χ3n) is 0.582. The van der Waals surface area contributed by atoms with E-state index in [1.807, 2.05) is 0 Å². The lowest BCUT2D eigenvalue weighted by Crippen LogP contribution is -2.03. The van der Waals surface area contributed by atoms with Crippen LogP contribution in [-0.2, 0) is 14.1 Å². The van der Waals surface area contributed by atoms with Crippen molar-refractivity contribution in [3.63, 3.8) is 0 Å². The highest BCUT2D eigenvalue weighted by Gasteiger charge is 2.00. The van der Waals surface area contributed by atoms with Crippen molar-refractivity contribution >= 4 is 13.8 Å². The second-order valence-corrected chi connectivity index (χ2v) is 2.96. The van der Waals surface area contributed by atoms with Crippen molar-refractivity contribution in [1.29, 1.82) is 0 Å². The summed E-state index contributed by atoms with van der Waals surface area (Å²) in [7, 11) is -4.64. The van der Waals surface area contributed by atoms with Crippen LogP contribution in [0.1, 0.15) is 6.92 Å². The Labute approximate surface area is 76.1 Å². The normalized spacial score (nSPS) is 9.62. The minimum Gasteiger partial charge on any atom is -0.462 e. The molecule has 0 unspecified atom stereocenters. The first kappa shape index (κ1) is 14.8. The van der Waals surface area contributed by atoms with Gasteiger partial charge in [0.2, 0.25) is 0 Å². The Balaban J connectivity index is 0. The second kappa shape index (κ2) is 6.80. The van der Waals surface area contributed by atoms with E-state index in [1.54, 1.807) is 6.92 Å². The van der Waals surface area contributed by atoms with Crippen LogP contribution >= 0.6 is 7.82 Å². The molecular weight excluding hydrogens is 199 g/mol. The van der Waals surface area contributed by atoms with Gasteiger partial charge in [-0.05, 0) is 13.8 Å². The summed E-state index contributed by atoms with van der Waals surface area (Å²) in [5, 5.41) is 0. The molecule has 0 spiro atoms. The maximum Gasteiger partial charge on any atom is 0.466 e. The van der Waals surface area contributed by atoms with Gasteiger partial charge in [0, 0.05) is 5.57 Å². The molecule has 0 saturated heterocycles. The molecule has 0 aliphatic heterocycles. The molecule has 0 atom stereocenters. The molecule has 77 valence electrons. The van der Waals surface area contributed by atoms with Gasteiger partial charge in [-0.25, -0.2) is 9.36 Å². The van der Waals surface area contributed by atoms with Crippen LogP contribution in [0.2, 0.25) is 0 Å². The highest BCUT2D eigenvalue weighted by Crippen LogP contribution is 2.25. The van der Waals surface area contributed by atoms with Crippen LogP contribution in [0.4, 0.5) is 0 Å². The van der Waals surface area contributed by atoms with Crippen LogP contribution in [0, 0.1) is 6.92 Å². The summed E-state index contributed by atoms with van der Waals surface area (Å²) in [5.74, 6) is -0.375. The van der Waals surface area contributed by atoms with Gasteiger partial charge in [0.25, 0.3) is 0 Å². The number of esters is 1. The molecule has 0 heterocycles. The van der Waals surface area contributed by atoms with Gasteiger partial charge in [-0.15, -0.1) is 0 Å². The van der Waals surface area contributed by atoms with E-state index in [0.29, 0.717) is 5.57 Å². The zero-order chi connectivity index (χ0) is 11.1. The first-order chi connectivity index (χ1) is 5.68. The Morgan fingerprint density at radius 3 is 1.85 bits per heavy atom. The maximum atomic E-state index is 10.4. The van der Waals surface area contributed by atoms with E-state index in [1.165, 1.54) is 0 Å². The standard InChI is InChI=1S/C6H9O2.H3O4P/c1-4-8-6(7)5(2)3;1-5(2,3)4/h1-2,4H2,3H3;(H3,1,2,3,4). The first-order valence-corrected chi connectivity index (χ1v) is 4.65. The van der Waals surface area contributed by atoms with Crippen LogP contribution < -0.4 is 0 Å². The third-order valence-corrected chi connectivity index (χ3v) is 0.582. The third kappa shape index (κ3) is 24.6. The van der Waals surface area contributed by atoms with Gasteiger partial charge in [-0.3, -0.25) is 0 Å². The molecule has 7 heteroatoms. The summed E-state index contributed by atoms with van der Waals surface area (Å²) in [6.45, 7) is 8.46. The summed E-state index contributed by atoms with van der Waals surface area (Å²) in [5.41, 5.74) is 0.411. The quantitative estimate of drug-likeness (QED) is 0.337. The molecule has 0 aromatic heterocycles. The van der Waals surface area contributed by atoms with Gasteiger partial charge < -0.3 is 19.4 Å². The van der Waals surface area contributed by atoms with Crippen molar-refractivity contribution in [2.24, 2.45) is 0 Å². The summed E-state index contributed by atoms with van der Waals surface area (Å²) in [6, 6.07) is 0. The fraction of sp³-hybridized carbons (Fsp3) is 0.333. The number of rotatable bonds is 2. The van der Waals surface area contributed by atoms with Crippen LogP contribution in [0.5, 0.6) is 0 Å². The average molecular weight is 211 g/mol. The van der Waals surface area contributed by atoms with E-state index in [-0.39, 0.29) is 12.6 Å². The van der Waals surface area contributed by atoms with Gasteiger partial charge in [-0.1, -0.05) is 6.58 Å². The van der Waals surface area contributed by atoms with Crippen molar-refractivity contribution in [3.05, 3.63) is 19.1 Å². The molecule has 0 rings (SSSR count). The lowest BCUT2D eigenvalue weighted by Gasteiger charge is -1.96. The van der Waals surface area contributed by atoms with Crippen molar-refractivity contribution in [2.45, 2.75) is 6.92 Å². The van der Waals surface area contributed by atoms with E-state index in [2.05, 4.69) is 18.2 Å². The van der Waals surface area contributed by atoms with Gasteiger partial charge >= 0.3 is 13.8 Å². The molecule has 0 aliphatic rings. The zero-order valence-electron chi connectivity index (χ0n) is 7.13. The predicted molar refractivity (Wildman–Crippen MR) is 45.4 cm³/mol. The second-order valence-electron chi connectivity index (χ2n) is 1.93. The summed E-state index contributed by atoms with van der Waals surface area (Å²) in [4.78, 5) is 31.9. The maximum absolute atomic E-state index is 10.4. The summed E-state index contributed by atoms with van der Waals surface area (Å²) >= 11 is 0. The number of hydrogen-bond acceptors (Lipinski definition) is 3. The number of hydrogen-bond donors (Lipinski definition) is 3. The van der Waals surface area contributed by atoms with Crippen molar-refractivity contribution in [2.75, 3.05) is 6.61 Å². The van der Waals surface area contributed by atoms with Crippen LogP contribution in [0.15, 0.2) is 12.2 Å². The van der Waals surface area contributed by atoms with Gasteiger partial charge in [0.1, 0.15) is 0 Å². The molecule has 0 aromatic rings. The molecule has 1 radical (unpaired) electrons. The monoisotopic (exact) mass is 211 g/mol. The van der Waals surface area contributed by atoms with Gasteiger partial charge in [0.15, 0.2) is 0 Å². The lowest BCUT2D eigenvalue weighted by atomic mass is 10.4. The van der Waals surface area contributed by atoms with E-state index >= 15 is 0 Å². The lowest BCUT2D eigenvalue weighted by molar-refractivity contribution is -0.137. The molecular formula is C6H12O6P. The zero-order valence-corrected chi connectivity index (χ0v) is 8.03. The van der Waals surface area contributed by atoms with E-state index < -0.39 is 7.82 Å². The van der Waals surface area contributed by atoms with E-state index in [4.69, 9.17) is 19.2 Å². The fourth-order valence-electron chi connectivity index (χ4n) is 0.216. The Bertz CT molecular complexity index is 209. The Hall–Kier alpha value is -0.680. The molecule has 6 nitrogen and oxygen atoms in total. The molecule has 0 amide bonds. The minimum atomic E-state index is -4.64. The van der Waals surface area contributed by atoms with Crippen LogP contribution in [0.25, 0.3) is 0 Å². The molecule has 0 aromatic carbocycles. The first-order valence-electron chi connectivity index (χ1n) is 3.08. The highest BCUT2D eigenvalue weighted by molar-refractivity contribution is 7.45. The minimum absolute atomic E-state index is 0.172. The molecule has 13 heavy (non-hydrogen) atoms. The number of ether oxygens (including phenoxy) is 1. The SMILES string of the molecule is O=P(O)(O)O.[CH2]COC(=O)C(=C)C. The molecule has 0 saturated carbocycles. The summed E-state index contributed by atoms with van der Waals surface area (Å²) in [6.07, 6.45) is 0. The Morgan fingerprint density at radius 1 is 1.46 bits per heavy atom. The molecule has 0 bridgehead atoms. The smallest absolute Gasteiger partial charge is 0.462 e. The molecule has 3 N–H and O–H groups in total. The summed E-state index contributed by atoms with van der Waals surface area (Å²) < 4.78 is 13.3. The fourth-order valence-corrected chi connectivity index (χ4v) is 0.216. The van der Waals surface area contributed by atoms with Crippen molar-refractivity contribution in [1.82, 2.24) is 0 Å². The van der Waals surface area contributed by atoms with Crippen molar-refractivity contribution < 1.29 is 28.8 Å². The Kier molecular flexibility index (Phi) is 7.75. The molecule has 0 aliphatic carbocycles. The Morgan fingerprint density at radius 2 is 1.77 bits per heavy atom. The number of carbonyl (C=O) groups is 1. The average Bonchev–Trinajstić information content (AvgIpc) is 1.84. The molecule has 0 fully saturated rings.